The molecule has 2 aromatic carbocycles. The average molecular weight is 339 g/mol. The summed E-state index contributed by atoms with van der Waals surface area (Å²) in [6.45, 7) is 2.54. The summed E-state index contributed by atoms with van der Waals surface area (Å²) in [5.74, 6) is 0.411. The predicted octanol–water partition coefficient (Wildman–Crippen LogP) is 3.62. The third kappa shape index (κ3) is 3.86. The van der Waals surface area contributed by atoms with Gasteiger partial charge in [-0.3, -0.25) is 9.59 Å². The van der Waals surface area contributed by atoms with Crippen LogP contribution < -0.4 is 10.7 Å². The minimum atomic E-state index is -0.373. The molecule has 0 aliphatic heterocycles. The molecule has 0 fully saturated rings. The molecule has 24 heavy (non-hydrogen) atoms. The molecule has 0 aliphatic carbocycles. The van der Waals surface area contributed by atoms with Crippen molar-refractivity contribution in [2.24, 2.45) is 0 Å². The number of carbonyl (C=O) groups is 1. The molecule has 122 valence electrons. The van der Waals surface area contributed by atoms with E-state index in [0.717, 1.165) is 10.6 Å². The van der Waals surface area contributed by atoms with Crippen LogP contribution in [0.1, 0.15) is 16.1 Å². The molecule has 1 heterocycles. The lowest BCUT2D eigenvalue weighted by Gasteiger charge is -2.06. The summed E-state index contributed by atoms with van der Waals surface area (Å²) < 4.78 is 5.51. The quantitative estimate of drug-likeness (QED) is 0.570. The molecular weight excluding hydrogens is 322 g/mol. The molecule has 5 heteroatoms. The van der Waals surface area contributed by atoms with Gasteiger partial charge in [0.25, 0.3) is 5.91 Å². The second-order valence-corrected chi connectivity index (χ2v) is 6.56. The molecule has 0 spiro atoms. The smallest absolute Gasteiger partial charge is 0.287 e. The van der Waals surface area contributed by atoms with Crippen molar-refractivity contribution in [3.8, 4) is 0 Å². The highest BCUT2D eigenvalue weighted by Gasteiger charge is 2.11. The lowest BCUT2D eigenvalue weighted by atomic mass is 10.2. The fraction of sp³-hybridized carbons (Fsp3) is 0.158. The summed E-state index contributed by atoms with van der Waals surface area (Å²) in [6, 6.07) is 16.4. The van der Waals surface area contributed by atoms with Gasteiger partial charge in [0.15, 0.2) is 11.2 Å². The lowest BCUT2D eigenvalue weighted by Crippen LogP contribution is -2.26. The largest absolute Gasteiger partial charge is 0.451 e. The van der Waals surface area contributed by atoms with Crippen molar-refractivity contribution in [3.63, 3.8) is 0 Å². The van der Waals surface area contributed by atoms with Gasteiger partial charge in [0.2, 0.25) is 0 Å². The Bertz CT molecular complexity index is 916. The molecule has 0 unspecified atom stereocenters. The van der Waals surface area contributed by atoms with E-state index >= 15 is 0 Å². The Morgan fingerprint density at radius 1 is 1.12 bits per heavy atom. The number of thioether (sulfide) groups is 1. The number of hydrogen-bond acceptors (Lipinski definition) is 4. The van der Waals surface area contributed by atoms with Crippen molar-refractivity contribution in [1.82, 2.24) is 5.32 Å². The summed E-state index contributed by atoms with van der Waals surface area (Å²) in [4.78, 5) is 25.3. The van der Waals surface area contributed by atoms with E-state index in [0.29, 0.717) is 17.5 Å². The molecule has 0 saturated carbocycles. The number of hydrogen-bond donors (Lipinski definition) is 1. The summed E-state index contributed by atoms with van der Waals surface area (Å²) in [5.41, 5.74) is 1.43. The van der Waals surface area contributed by atoms with Gasteiger partial charge in [-0.25, -0.2) is 0 Å². The molecule has 1 amide bonds. The molecule has 3 rings (SSSR count). The van der Waals surface area contributed by atoms with Crippen molar-refractivity contribution in [2.45, 2.75) is 11.8 Å². The molecule has 0 atom stereocenters. The fourth-order valence-electron chi connectivity index (χ4n) is 2.27. The Hall–Kier alpha value is -2.53. The van der Waals surface area contributed by atoms with Crippen molar-refractivity contribution in [3.05, 3.63) is 76.1 Å². The minimum Gasteiger partial charge on any atom is -0.451 e. The van der Waals surface area contributed by atoms with Crippen molar-refractivity contribution in [2.75, 3.05) is 12.3 Å². The second kappa shape index (κ2) is 7.36. The number of para-hydroxylation sites is 1. The number of fused-ring (bicyclic) bond motifs is 1. The first kappa shape index (κ1) is 16.3. The van der Waals surface area contributed by atoms with E-state index < -0.39 is 0 Å². The molecule has 3 aromatic rings. The molecule has 0 saturated heterocycles. The molecule has 0 radical (unpaired) electrons. The lowest BCUT2D eigenvalue weighted by molar-refractivity contribution is 0.0929. The average Bonchev–Trinajstić information content (AvgIpc) is 2.60. The molecule has 0 aliphatic rings. The first-order chi connectivity index (χ1) is 11.6. The van der Waals surface area contributed by atoms with Crippen LogP contribution in [0.5, 0.6) is 0 Å². The minimum absolute atomic E-state index is 0.0408. The highest BCUT2D eigenvalue weighted by molar-refractivity contribution is 7.99. The summed E-state index contributed by atoms with van der Waals surface area (Å²) in [7, 11) is 0. The Balaban J connectivity index is 1.59. The standard InChI is InChI=1S/C19H17NO3S/c1-13-6-8-14(9-7-13)24-11-10-20-19(22)18-12-16(21)15-4-2-3-5-17(15)23-18/h2-9,12H,10-11H2,1H3,(H,20,22). The van der Waals surface area contributed by atoms with E-state index in [4.69, 9.17) is 4.42 Å². The predicted molar refractivity (Wildman–Crippen MR) is 96.7 cm³/mol. The van der Waals surface area contributed by atoms with Gasteiger partial charge in [-0.2, -0.15) is 0 Å². The SMILES string of the molecule is Cc1ccc(SCCNC(=O)c2cc(=O)c3ccccc3o2)cc1. The van der Waals surface area contributed by atoms with Crippen molar-refractivity contribution >= 4 is 28.6 Å². The summed E-state index contributed by atoms with van der Waals surface area (Å²) in [5, 5.41) is 3.26. The van der Waals surface area contributed by atoms with Crippen LogP contribution in [-0.2, 0) is 0 Å². The second-order valence-electron chi connectivity index (χ2n) is 5.39. The van der Waals surface area contributed by atoms with Crippen LogP contribution in [0.25, 0.3) is 11.0 Å². The normalized spacial score (nSPS) is 10.7. The van der Waals surface area contributed by atoms with Gasteiger partial charge >= 0.3 is 0 Å². The van der Waals surface area contributed by atoms with Crippen LogP contribution in [0.4, 0.5) is 0 Å². The highest BCUT2D eigenvalue weighted by Crippen LogP contribution is 2.17. The van der Waals surface area contributed by atoms with E-state index in [9.17, 15) is 9.59 Å². The molecule has 1 N–H and O–H groups in total. The van der Waals surface area contributed by atoms with Crippen LogP contribution in [0.15, 0.2) is 68.7 Å². The topological polar surface area (TPSA) is 59.3 Å². The van der Waals surface area contributed by atoms with Crippen molar-refractivity contribution < 1.29 is 9.21 Å². The van der Waals surface area contributed by atoms with Gasteiger partial charge < -0.3 is 9.73 Å². The van der Waals surface area contributed by atoms with Gasteiger partial charge in [-0.1, -0.05) is 29.8 Å². The van der Waals surface area contributed by atoms with E-state index in [1.165, 1.54) is 11.6 Å². The number of benzene rings is 2. The maximum absolute atomic E-state index is 12.1. The van der Waals surface area contributed by atoms with Gasteiger partial charge in [0, 0.05) is 23.3 Å². The Labute approximate surface area is 143 Å². The molecular formula is C19H17NO3S. The zero-order chi connectivity index (χ0) is 16.9. The highest BCUT2D eigenvalue weighted by atomic mass is 32.2. The summed E-state index contributed by atoms with van der Waals surface area (Å²) in [6.07, 6.45) is 0. The maximum Gasteiger partial charge on any atom is 0.287 e. The van der Waals surface area contributed by atoms with E-state index in [1.807, 2.05) is 6.92 Å². The number of rotatable bonds is 5. The fourth-order valence-corrected chi connectivity index (χ4v) is 3.04. The van der Waals surface area contributed by atoms with E-state index in [-0.39, 0.29) is 17.1 Å². The van der Waals surface area contributed by atoms with Crippen LogP contribution in [-0.4, -0.2) is 18.2 Å². The zero-order valence-corrected chi connectivity index (χ0v) is 14.1. The molecule has 4 nitrogen and oxygen atoms in total. The third-order valence-corrected chi connectivity index (χ3v) is 4.55. The Kier molecular flexibility index (Phi) is 5.01. The first-order valence-electron chi connectivity index (χ1n) is 7.64. The maximum atomic E-state index is 12.1. The monoisotopic (exact) mass is 339 g/mol. The number of nitrogens with one attached hydrogen (secondary N) is 1. The Morgan fingerprint density at radius 3 is 2.67 bits per heavy atom. The van der Waals surface area contributed by atoms with E-state index in [2.05, 4.69) is 29.6 Å². The summed E-state index contributed by atoms with van der Waals surface area (Å²) >= 11 is 1.66. The van der Waals surface area contributed by atoms with Crippen molar-refractivity contribution in [1.29, 1.82) is 0 Å². The van der Waals surface area contributed by atoms with Crippen LogP contribution in [0.2, 0.25) is 0 Å². The van der Waals surface area contributed by atoms with Crippen LogP contribution >= 0.6 is 11.8 Å². The van der Waals surface area contributed by atoms with Crippen LogP contribution in [0, 0.1) is 6.92 Å². The van der Waals surface area contributed by atoms with Crippen LogP contribution in [0.3, 0.4) is 0 Å². The number of amides is 1. The zero-order valence-electron chi connectivity index (χ0n) is 13.2. The number of aryl methyl sites for hydroxylation is 1. The van der Waals surface area contributed by atoms with Gasteiger partial charge in [-0.05, 0) is 31.2 Å². The molecule has 0 bridgehead atoms. The van der Waals surface area contributed by atoms with Gasteiger partial charge in [0.1, 0.15) is 5.58 Å². The Morgan fingerprint density at radius 2 is 1.88 bits per heavy atom. The van der Waals surface area contributed by atoms with Gasteiger partial charge in [0.05, 0.1) is 5.39 Å². The third-order valence-electron chi connectivity index (χ3n) is 3.54. The molecule has 1 aromatic heterocycles. The van der Waals surface area contributed by atoms with Gasteiger partial charge in [-0.15, -0.1) is 11.8 Å². The first-order valence-corrected chi connectivity index (χ1v) is 8.62. The van der Waals surface area contributed by atoms with E-state index in [1.54, 1.807) is 36.0 Å². The number of carbonyl (C=O) groups excluding carboxylic acids is 1.